The number of fused-ring (bicyclic) bond motifs is 1. The van der Waals surface area contributed by atoms with Gasteiger partial charge in [0.1, 0.15) is 11.3 Å². The van der Waals surface area contributed by atoms with Crippen LogP contribution in [0.2, 0.25) is 0 Å². The van der Waals surface area contributed by atoms with E-state index in [1.54, 1.807) is 0 Å². The van der Waals surface area contributed by atoms with Gasteiger partial charge in [0.15, 0.2) is 0 Å². The first-order valence-corrected chi connectivity index (χ1v) is 7.11. The number of nitrogens with two attached hydrogens (primary N) is 1. The highest BCUT2D eigenvalue weighted by molar-refractivity contribution is 5.77. The minimum atomic E-state index is -0.0415. The molecule has 102 valence electrons. The predicted molar refractivity (Wildman–Crippen MR) is 78.0 cm³/mol. The standard InChI is InChI=1S/C16H22N2O/c1-11-7-12(2)18(9-11)10-14(17)16-8-13-5-3-4-6-15(13)19-16/h3-6,8,11-12,14H,7,9-10,17H2,1-2H3. The summed E-state index contributed by atoms with van der Waals surface area (Å²) in [6.45, 7) is 6.62. The van der Waals surface area contributed by atoms with Gasteiger partial charge in [-0.25, -0.2) is 0 Å². The van der Waals surface area contributed by atoms with Crippen molar-refractivity contribution in [2.75, 3.05) is 13.1 Å². The largest absolute Gasteiger partial charge is 0.459 e. The van der Waals surface area contributed by atoms with Crippen molar-refractivity contribution in [3.63, 3.8) is 0 Å². The molecule has 1 fully saturated rings. The predicted octanol–water partition coefficient (Wildman–Crippen LogP) is 3.16. The van der Waals surface area contributed by atoms with Gasteiger partial charge in [-0.2, -0.15) is 0 Å². The van der Waals surface area contributed by atoms with Gasteiger partial charge in [-0.3, -0.25) is 4.90 Å². The first-order chi connectivity index (χ1) is 9.13. The Morgan fingerprint density at radius 1 is 1.37 bits per heavy atom. The van der Waals surface area contributed by atoms with Crippen LogP contribution in [0.5, 0.6) is 0 Å². The second-order valence-corrected chi connectivity index (χ2v) is 5.94. The molecule has 0 amide bonds. The highest BCUT2D eigenvalue weighted by Crippen LogP contribution is 2.27. The van der Waals surface area contributed by atoms with Crippen LogP contribution in [0.25, 0.3) is 11.0 Å². The molecule has 2 heterocycles. The van der Waals surface area contributed by atoms with E-state index < -0.39 is 0 Å². The van der Waals surface area contributed by atoms with Crippen molar-refractivity contribution in [2.24, 2.45) is 11.7 Å². The Morgan fingerprint density at radius 2 is 2.16 bits per heavy atom. The van der Waals surface area contributed by atoms with E-state index in [0.29, 0.717) is 6.04 Å². The Bertz CT molecular complexity index is 530. The van der Waals surface area contributed by atoms with Crippen LogP contribution in [-0.2, 0) is 0 Å². The van der Waals surface area contributed by atoms with Gasteiger partial charge in [-0.15, -0.1) is 0 Å². The van der Waals surface area contributed by atoms with Gasteiger partial charge in [0.2, 0.25) is 0 Å². The summed E-state index contributed by atoms with van der Waals surface area (Å²) in [5.41, 5.74) is 7.24. The van der Waals surface area contributed by atoms with Crippen LogP contribution in [0, 0.1) is 5.92 Å². The number of furan rings is 1. The van der Waals surface area contributed by atoms with Gasteiger partial charge >= 0.3 is 0 Å². The van der Waals surface area contributed by atoms with Gasteiger partial charge < -0.3 is 10.2 Å². The van der Waals surface area contributed by atoms with E-state index in [9.17, 15) is 0 Å². The number of hydrogen-bond acceptors (Lipinski definition) is 3. The van der Waals surface area contributed by atoms with Crippen molar-refractivity contribution in [1.82, 2.24) is 4.90 Å². The van der Waals surface area contributed by atoms with E-state index in [1.807, 2.05) is 18.2 Å². The Hall–Kier alpha value is -1.32. The van der Waals surface area contributed by atoms with E-state index in [4.69, 9.17) is 10.2 Å². The van der Waals surface area contributed by atoms with Gasteiger partial charge in [-0.1, -0.05) is 25.1 Å². The van der Waals surface area contributed by atoms with E-state index in [1.165, 1.54) is 6.42 Å². The monoisotopic (exact) mass is 258 g/mol. The van der Waals surface area contributed by atoms with E-state index >= 15 is 0 Å². The Labute approximate surface area is 114 Å². The van der Waals surface area contributed by atoms with Crippen LogP contribution >= 0.6 is 0 Å². The first kappa shape index (κ1) is 12.7. The fourth-order valence-corrected chi connectivity index (χ4v) is 3.17. The number of hydrogen-bond donors (Lipinski definition) is 1. The Kier molecular flexibility index (Phi) is 3.33. The zero-order valence-electron chi connectivity index (χ0n) is 11.7. The average molecular weight is 258 g/mol. The molecule has 0 radical (unpaired) electrons. The number of nitrogens with zero attached hydrogens (tertiary/aromatic N) is 1. The first-order valence-electron chi connectivity index (χ1n) is 7.11. The third-order valence-corrected chi connectivity index (χ3v) is 4.15. The maximum absolute atomic E-state index is 6.31. The lowest BCUT2D eigenvalue weighted by molar-refractivity contribution is 0.240. The number of para-hydroxylation sites is 1. The van der Waals surface area contributed by atoms with Crippen LogP contribution in [-0.4, -0.2) is 24.0 Å². The molecule has 1 aliphatic heterocycles. The fraction of sp³-hybridized carbons (Fsp3) is 0.500. The van der Waals surface area contributed by atoms with Crippen molar-refractivity contribution in [3.8, 4) is 0 Å². The average Bonchev–Trinajstić information content (AvgIpc) is 2.93. The molecule has 1 aliphatic rings. The lowest BCUT2D eigenvalue weighted by Crippen LogP contribution is -2.34. The summed E-state index contributed by atoms with van der Waals surface area (Å²) in [7, 11) is 0. The summed E-state index contributed by atoms with van der Waals surface area (Å²) in [6, 6.07) is 10.7. The van der Waals surface area contributed by atoms with Crippen molar-refractivity contribution in [1.29, 1.82) is 0 Å². The molecule has 3 unspecified atom stereocenters. The second-order valence-electron chi connectivity index (χ2n) is 5.94. The molecule has 19 heavy (non-hydrogen) atoms. The number of rotatable bonds is 3. The Morgan fingerprint density at radius 3 is 2.84 bits per heavy atom. The van der Waals surface area contributed by atoms with Crippen LogP contribution in [0.3, 0.4) is 0 Å². The lowest BCUT2D eigenvalue weighted by atomic mass is 10.1. The molecule has 0 spiro atoms. The molecule has 0 aliphatic carbocycles. The van der Waals surface area contributed by atoms with Crippen LogP contribution in [0.4, 0.5) is 0 Å². The molecule has 3 heteroatoms. The number of likely N-dealkylation sites (tertiary alicyclic amines) is 1. The SMILES string of the molecule is CC1CC(C)N(CC(N)c2cc3ccccc3o2)C1. The van der Waals surface area contributed by atoms with Crippen molar-refractivity contribution >= 4 is 11.0 Å². The summed E-state index contributed by atoms with van der Waals surface area (Å²) in [5.74, 6) is 1.67. The summed E-state index contributed by atoms with van der Waals surface area (Å²) in [5, 5.41) is 1.13. The highest BCUT2D eigenvalue weighted by atomic mass is 16.3. The summed E-state index contributed by atoms with van der Waals surface area (Å²) in [6.07, 6.45) is 1.27. The lowest BCUT2D eigenvalue weighted by Gasteiger charge is -2.23. The maximum Gasteiger partial charge on any atom is 0.134 e. The van der Waals surface area contributed by atoms with Crippen molar-refractivity contribution < 1.29 is 4.42 Å². The summed E-state index contributed by atoms with van der Waals surface area (Å²) < 4.78 is 5.85. The minimum absolute atomic E-state index is 0.0415. The van der Waals surface area contributed by atoms with Crippen molar-refractivity contribution in [2.45, 2.75) is 32.4 Å². The molecular weight excluding hydrogens is 236 g/mol. The number of benzene rings is 1. The van der Waals surface area contributed by atoms with Crippen molar-refractivity contribution in [3.05, 3.63) is 36.1 Å². The minimum Gasteiger partial charge on any atom is -0.459 e. The second kappa shape index (κ2) is 4.99. The maximum atomic E-state index is 6.31. The molecule has 3 atom stereocenters. The molecule has 2 aromatic rings. The zero-order chi connectivity index (χ0) is 13.4. The fourth-order valence-electron chi connectivity index (χ4n) is 3.17. The normalized spacial score (nSPS) is 26.1. The zero-order valence-corrected chi connectivity index (χ0v) is 11.7. The van der Waals surface area contributed by atoms with Gasteiger partial charge in [0.25, 0.3) is 0 Å². The molecule has 1 aromatic carbocycles. The molecule has 0 saturated carbocycles. The smallest absolute Gasteiger partial charge is 0.134 e. The van der Waals surface area contributed by atoms with Gasteiger partial charge in [-0.05, 0) is 31.4 Å². The van der Waals surface area contributed by atoms with Crippen LogP contribution in [0.1, 0.15) is 32.1 Å². The van der Waals surface area contributed by atoms with E-state index in [2.05, 4.69) is 30.9 Å². The topological polar surface area (TPSA) is 42.4 Å². The van der Waals surface area contributed by atoms with E-state index in [-0.39, 0.29) is 6.04 Å². The molecular formula is C16H22N2O. The van der Waals surface area contributed by atoms with Gasteiger partial charge in [0.05, 0.1) is 6.04 Å². The summed E-state index contributed by atoms with van der Waals surface area (Å²) >= 11 is 0. The molecule has 3 nitrogen and oxygen atoms in total. The summed E-state index contributed by atoms with van der Waals surface area (Å²) in [4.78, 5) is 2.47. The molecule has 0 bridgehead atoms. The third-order valence-electron chi connectivity index (χ3n) is 4.15. The molecule has 1 aromatic heterocycles. The highest BCUT2D eigenvalue weighted by Gasteiger charge is 2.28. The van der Waals surface area contributed by atoms with E-state index in [0.717, 1.165) is 35.7 Å². The molecule has 2 N–H and O–H groups in total. The molecule has 1 saturated heterocycles. The van der Waals surface area contributed by atoms with Crippen LogP contribution in [0.15, 0.2) is 34.7 Å². The third kappa shape index (κ3) is 2.53. The molecule has 3 rings (SSSR count). The Balaban J connectivity index is 1.74. The van der Waals surface area contributed by atoms with Crippen LogP contribution < -0.4 is 5.73 Å². The van der Waals surface area contributed by atoms with Gasteiger partial charge in [0, 0.05) is 24.5 Å². The quantitative estimate of drug-likeness (QED) is 0.919.